The van der Waals surface area contributed by atoms with Gasteiger partial charge in [0.2, 0.25) is 6.10 Å². The van der Waals surface area contributed by atoms with Crippen molar-refractivity contribution in [3.05, 3.63) is 24.3 Å². The van der Waals surface area contributed by atoms with Gasteiger partial charge in [0.15, 0.2) is 11.5 Å². The summed E-state index contributed by atoms with van der Waals surface area (Å²) in [6, 6.07) is 7.38. The summed E-state index contributed by atoms with van der Waals surface area (Å²) in [5.74, 6) is 1.83. The molecule has 19 heavy (non-hydrogen) atoms. The third-order valence-corrected chi connectivity index (χ3v) is 3.31. The number of rotatable bonds is 5. The van der Waals surface area contributed by atoms with E-state index in [1.54, 1.807) is 4.90 Å². The minimum absolute atomic E-state index is 0.0397. The van der Waals surface area contributed by atoms with Crippen molar-refractivity contribution in [1.82, 2.24) is 4.90 Å². The van der Waals surface area contributed by atoms with E-state index in [-0.39, 0.29) is 12.5 Å². The number of hydrogen-bond acceptors (Lipinski definition) is 3. The Labute approximate surface area is 118 Å². The lowest BCUT2D eigenvalue weighted by atomic mass is 10.2. The fourth-order valence-electron chi connectivity index (χ4n) is 2.02. The lowest BCUT2D eigenvalue weighted by Crippen LogP contribution is -2.46. The topological polar surface area (TPSA) is 38.8 Å². The number of halogens is 1. The van der Waals surface area contributed by atoms with E-state index < -0.39 is 6.10 Å². The molecule has 1 aliphatic rings. The Kier molecular flexibility index (Phi) is 4.91. The summed E-state index contributed by atoms with van der Waals surface area (Å²) in [7, 11) is 0. The summed E-state index contributed by atoms with van der Waals surface area (Å²) < 4.78 is 11.3. The van der Waals surface area contributed by atoms with Crippen molar-refractivity contribution in [3.63, 3.8) is 0 Å². The van der Waals surface area contributed by atoms with Crippen molar-refractivity contribution in [2.75, 3.05) is 25.6 Å². The van der Waals surface area contributed by atoms with E-state index in [1.807, 2.05) is 31.2 Å². The zero-order valence-electron chi connectivity index (χ0n) is 11.0. The minimum Gasteiger partial charge on any atom is -0.485 e. The van der Waals surface area contributed by atoms with E-state index in [1.165, 1.54) is 0 Å². The second kappa shape index (κ2) is 6.66. The standard InChI is InChI=1S/C14H18ClNO3/c1-2-16(9-5-8-15)14(17)13-10-18-11-6-3-4-7-12(11)19-13/h3-4,6-7,13H,2,5,8-10H2,1H3. The van der Waals surface area contributed by atoms with Gasteiger partial charge < -0.3 is 14.4 Å². The number of carbonyl (C=O) groups is 1. The summed E-state index contributed by atoms with van der Waals surface area (Å²) in [5, 5.41) is 0. The lowest BCUT2D eigenvalue weighted by Gasteiger charge is -2.30. The van der Waals surface area contributed by atoms with Crippen molar-refractivity contribution in [1.29, 1.82) is 0 Å². The molecule has 1 atom stereocenters. The molecule has 0 fully saturated rings. The number of carbonyl (C=O) groups excluding carboxylic acids is 1. The Morgan fingerprint density at radius 1 is 1.42 bits per heavy atom. The number of amides is 1. The van der Waals surface area contributed by atoms with Crippen molar-refractivity contribution in [2.45, 2.75) is 19.4 Å². The highest BCUT2D eigenvalue weighted by molar-refractivity contribution is 6.17. The van der Waals surface area contributed by atoms with E-state index in [0.29, 0.717) is 30.5 Å². The van der Waals surface area contributed by atoms with Gasteiger partial charge in [-0.2, -0.15) is 0 Å². The number of alkyl halides is 1. The zero-order chi connectivity index (χ0) is 13.7. The molecule has 0 saturated carbocycles. The van der Waals surface area contributed by atoms with Gasteiger partial charge in [0.25, 0.3) is 5.91 Å². The molecule has 0 bridgehead atoms. The number of likely N-dealkylation sites (N-methyl/N-ethyl adjacent to an activating group) is 1. The van der Waals surface area contributed by atoms with Gasteiger partial charge in [0.05, 0.1) is 0 Å². The third-order valence-electron chi connectivity index (χ3n) is 3.04. The van der Waals surface area contributed by atoms with Crippen LogP contribution in [0.4, 0.5) is 0 Å². The van der Waals surface area contributed by atoms with Crippen molar-refractivity contribution in [3.8, 4) is 11.5 Å². The Bertz CT molecular complexity index is 438. The van der Waals surface area contributed by atoms with E-state index in [9.17, 15) is 4.79 Å². The number of nitrogens with zero attached hydrogens (tertiary/aromatic N) is 1. The van der Waals surface area contributed by atoms with Crippen LogP contribution in [0.2, 0.25) is 0 Å². The predicted octanol–water partition coefficient (Wildman–Crippen LogP) is 2.30. The number of para-hydroxylation sites is 2. The molecule has 0 saturated heterocycles. The lowest BCUT2D eigenvalue weighted by molar-refractivity contribution is -0.141. The Morgan fingerprint density at radius 3 is 2.84 bits per heavy atom. The average Bonchev–Trinajstić information content (AvgIpc) is 2.47. The van der Waals surface area contributed by atoms with Gasteiger partial charge in [-0.05, 0) is 25.5 Å². The third kappa shape index (κ3) is 3.32. The number of ether oxygens (including phenoxy) is 2. The first-order valence-corrected chi connectivity index (χ1v) is 7.03. The second-order valence-electron chi connectivity index (χ2n) is 4.32. The zero-order valence-corrected chi connectivity index (χ0v) is 11.7. The molecule has 0 aromatic heterocycles. The molecule has 4 nitrogen and oxygen atoms in total. The molecule has 1 unspecified atom stereocenters. The molecule has 0 N–H and O–H groups in total. The van der Waals surface area contributed by atoms with E-state index in [2.05, 4.69) is 0 Å². The van der Waals surface area contributed by atoms with Gasteiger partial charge in [-0.3, -0.25) is 4.79 Å². The monoisotopic (exact) mass is 283 g/mol. The molecule has 5 heteroatoms. The van der Waals surface area contributed by atoms with Gasteiger partial charge in [-0.25, -0.2) is 0 Å². The quantitative estimate of drug-likeness (QED) is 0.779. The summed E-state index contributed by atoms with van der Waals surface area (Å²) in [6.07, 6.45) is 0.218. The predicted molar refractivity (Wildman–Crippen MR) is 73.9 cm³/mol. The molecule has 0 aliphatic carbocycles. The van der Waals surface area contributed by atoms with Crippen LogP contribution in [-0.4, -0.2) is 42.5 Å². The average molecular weight is 284 g/mol. The maximum Gasteiger partial charge on any atom is 0.267 e. The molecule has 2 rings (SSSR count). The van der Waals surface area contributed by atoms with Crippen LogP contribution < -0.4 is 9.47 Å². The van der Waals surface area contributed by atoms with Crippen LogP contribution in [-0.2, 0) is 4.79 Å². The molecule has 1 aliphatic heterocycles. The summed E-state index contributed by atoms with van der Waals surface area (Å²) in [6.45, 7) is 3.51. The van der Waals surface area contributed by atoms with Crippen LogP contribution in [0.5, 0.6) is 11.5 Å². The first-order chi connectivity index (χ1) is 9.26. The first kappa shape index (κ1) is 14.0. The van der Waals surface area contributed by atoms with Crippen LogP contribution in [0.25, 0.3) is 0 Å². The van der Waals surface area contributed by atoms with Gasteiger partial charge in [0, 0.05) is 19.0 Å². The van der Waals surface area contributed by atoms with E-state index in [0.717, 1.165) is 6.42 Å². The highest BCUT2D eigenvalue weighted by Gasteiger charge is 2.30. The van der Waals surface area contributed by atoms with Crippen LogP contribution in [0.15, 0.2) is 24.3 Å². The number of hydrogen-bond donors (Lipinski definition) is 0. The van der Waals surface area contributed by atoms with Crippen molar-refractivity contribution in [2.24, 2.45) is 0 Å². The SMILES string of the molecule is CCN(CCCCl)C(=O)C1COc2ccccc2O1. The molecule has 1 aromatic rings. The minimum atomic E-state index is -0.565. The Balaban J connectivity index is 2.01. The second-order valence-corrected chi connectivity index (χ2v) is 4.70. The molecule has 1 aromatic carbocycles. The maximum absolute atomic E-state index is 12.3. The molecular formula is C14H18ClNO3. The number of fused-ring (bicyclic) bond motifs is 1. The smallest absolute Gasteiger partial charge is 0.267 e. The Hall–Kier alpha value is -1.42. The Morgan fingerprint density at radius 2 is 2.16 bits per heavy atom. The maximum atomic E-state index is 12.3. The fourth-order valence-corrected chi connectivity index (χ4v) is 2.14. The van der Waals surface area contributed by atoms with Gasteiger partial charge >= 0.3 is 0 Å². The molecule has 104 valence electrons. The number of benzene rings is 1. The highest BCUT2D eigenvalue weighted by Crippen LogP contribution is 2.31. The molecule has 1 amide bonds. The molecule has 0 radical (unpaired) electrons. The molecular weight excluding hydrogens is 266 g/mol. The van der Waals surface area contributed by atoms with Crippen molar-refractivity contribution < 1.29 is 14.3 Å². The van der Waals surface area contributed by atoms with Gasteiger partial charge in [0.1, 0.15) is 6.61 Å². The normalized spacial score (nSPS) is 17.1. The van der Waals surface area contributed by atoms with Crippen LogP contribution >= 0.6 is 11.6 Å². The largest absolute Gasteiger partial charge is 0.485 e. The fraction of sp³-hybridized carbons (Fsp3) is 0.500. The van der Waals surface area contributed by atoms with Crippen LogP contribution in [0.3, 0.4) is 0 Å². The highest BCUT2D eigenvalue weighted by atomic mass is 35.5. The van der Waals surface area contributed by atoms with E-state index >= 15 is 0 Å². The van der Waals surface area contributed by atoms with Crippen LogP contribution in [0.1, 0.15) is 13.3 Å². The van der Waals surface area contributed by atoms with Gasteiger partial charge in [-0.1, -0.05) is 12.1 Å². The summed E-state index contributed by atoms with van der Waals surface area (Å²) in [4.78, 5) is 14.1. The first-order valence-electron chi connectivity index (χ1n) is 6.49. The van der Waals surface area contributed by atoms with Gasteiger partial charge in [-0.15, -0.1) is 11.6 Å². The summed E-state index contributed by atoms with van der Waals surface area (Å²) in [5.41, 5.74) is 0. The van der Waals surface area contributed by atoms with Crippen molar-refractivity contribution >= 4 is 17.5 Å². The molecule has 0 spiro atoms. The molecule has 1 heterocycles. The van der Waals surface area contributed by atoms with Crippen LogP contribution in [0, 0.1) is 0 Å². The van der Waals surface area contributed by atoms with E-state index in [4.69, 9.17) is 21.1 Å². The summed E-state index contributed by atoms with van der Waals surface area (Å²) >= 11 is 5.67.